The van der Waals surface area contributed by atoms with Crippen molar-refractivity contribution in [3.05, 3.63) is 34.9 Å². The molecule has 5 heteroatoms. The summed E-state index contributed by atoms with van der Waals surface area (Å²) in [5, 5.41) is 3.25. The number of hydrogen-bond acceptors (Lipinski definition) is 5. The minimum atomic E-state index is 0.00813. The summed E-state index contributed by atoms with van der Waals surface area (Å²) in [5.41, 5.74) is 8.15. The van der Waals surface area contributed by atoms with Gasteiger partial charge in [0.15, 0.2) is 0 Å². The van der Waals surface area contributed by atoms with E-state index in [1.165, 1.54) is 0 Å². The predicted molar refractivity (Wildman–Crippen MR) is 76.1 cm³/mol. The third kappa shape index (κ3) is 2.41. The summed E-state index contributed by atoms with van der Waals surface area (Å²) >= 11 is 1.71. The largest absolute Gasteiger partial charge is 0.381 e. The van der Waals surface area contributed by atoms with Crippen molar-refractivity contribution in [3.8, 4) is 11.3 Å². The number of ether oxygens (including phenoxy) is 1. The minimum absolute atomic E-state index is 0.00813. The van der Waals surface area contributed by atoms with Crippen LogP contribution in [0.5, 0.6) is 0 Å². The van der Waals surface area contributed by atoms with Gasteiger partial charge in [0.1, 0.15) is 5.01 Å². The molecule has 100 valence electrons. The number of nitrogens with zero attached hydrogens (tertiary/aromatic N) is 2. The molecule has 0 saturated carbocycles. The third-order valence-corrected chi connectivity index (χ3v) is 4.86. The summed E-state index contributed by atoms with van der Waals surface area (Å²) in [6.45, 7) is 2.20. The molecular formula is C14H17N3OS. The van der Waals surface area contributed by atoms with Gasteiger partial charge in [0.25, 0.3) is 0 Å². The van der Waals surface area contributed by atoms with Gasteiger partial charge in [0.2, 0.25) is 0 Å². The van der Waals surface area contributed by atoms with Crippen LogP contribution in [-0.4, -0.2) is 29.7 Å². The molecular weight excluding hydrogens is 258 g/mol. The van der Waals surface area contributed by atoms with Crippen LogP contribution in [0.25, 0.3) is 11.3 Å². The molecule has 0 atom stereocenters. The lowest BCUT2D eigenvalue weighted by molar-refractivity contribution is 0.0529. The molecule has 1 aliphatic rings. The van der Waals surface area contributed by atoms with Gasteiger partial charge in [-0.2, -0.15) is 0 Å². The Morgan fingerprint density at radius 1 is 1.26 bits per heavy atom. The zero-order chi connectivity index (χ0) is 13.1. The third-order valence-electron chi connectivity index (χ3n) is 3.77. The molecule has 2 aromatic heterocycles. The fourth-order valence-corrected chi connectivity index (χ4v) is 3.54. The summed E-state index contributed by atoms with van der Waals surface area (Å²) in [7, 11) is 0. The zero-order valence-corrected chi connectivity index (χ0v) is 11.5. The maximum absolute atomic E-state index is 6.02. The second kappa shape index (κ2) is 5.36. The number of nitrogens with two attached hydrogens (primary N) is 1. The van der Waals surface area contributed by atoms with Gasteiger partial charge < -0.3 is 10.5 Å². The molecule has 19 heavy (non-hydrogen) atoms. The number of thiazole rings is 1. The van der Waals surface area contributed by atoms with Crippen molar-refractivity contribution in [2.45, 2.75) is 18.3 Å². The number of pyridine rings is 1. The second-order valence-corrected chi connectivity index (χ2v) is 5.73. The molecule has 2 N–H and O–H groups in total. The van der Waals surface area contributed by atoms with Gasteiger partial charge in [0.05, 0.1) is 5.69 Å². The van der Waals surface area contributed by atoms with Crippen LogP contribution in [-0.2, 0) is 10.2 Å². The van der Waals surface area contributed by atoms with E-state index >= 15 is 0 Å². The molecule has 1 fully saturated rings. The van der Waals surface area contributed by atoms with Crippen molar-refractivity contribution in [1.82, 2.24) is 9.97 Å². The van der Waals surface area contributed by atoms with Crippen molar-refractivity contribution in [2.24, 2.45) is 5.73 Å². The monoisotopic (exact) mass is 275 g/mol. The fraction of sp³-hybridized carbons (Fsp3) is 0.429. The maximum atomic E-state index is 6.02. The second-order valence-electron chi connectivity index (χ2n) is 4.87. The predicted octanol–water partition coefficient (Wildman–Crippen LogP) is 2.21. The molecule has 0 aromatic carbocycles. The summed E-state index contributed by atoms with van der Waals surface area (Å²) in [5.74, 6) is 0. The topological polar surface area (TPSA) is 61.0 Å². The van der Waals surface area contributed by atoms with E-state index in [1.807, 2.05) is 12.1 Å². The van der Waals surface area contributed by atoms with E-state index in [0.717, 1.165) is 42.3 Å². The number of hydrogen-bond donors (Lipinski definition) is 1. The number of aromatic nitrogens is 2. The van der Waals surface area contributed by atoms with Gasteiger partial charge in [-0.1, -0.05) is 0 Å². The van der Waals surface area contributed by atoms with Crippen LogP contribution < -0.4 is 5.73 Å². The van der Waals surface area contributed by atoms with Crippen molar-refractivity contribution >= 4 is 11.3 Å². The lowest BCUT2D eigenvalue weighted by Gasteiger charge is -2.34. The Kier molecular flexibility index (Phi) is 3.59. The molecule has 0 radical (unpaired) electrons. The van der Waals surface area contributed by atoms with E-state index in [1.54, 1.807) is 23.7 Å². The van der Waals surface area contributed by atoms with E-state index in [9.17, 15) is 0 Å². The highest BCUT2D eigenvalue weighted by atomic mass is 32.1. The van der Waals surface area contributed by atoms with Crippen LogP contribution in [0, 0.1) is 0 Å². The summed E-state index contributed by atoms with van der Waals surface area (Å²) in [6, 6.07) is 3.97. The van der Waals surface area contributed by atoms with Crippen LogP contribution in [0.3, 0.4) is 0 Å². The smallest absolute Gasteiger partial charge is 0.101 e. The summed E-state index contributed by atoms with van der Waals surface area (Å²) < 4.78 is 5.45. The molecule has 0 bridgehead atoms. The van der Waals surface area contributed by atoms with E-state index in [2.05, 4.69) is 10.4 Å². The van der Waals surface area contributed by atoms with Crippen LogP contribution >= 0.6 is 11.3 Å². The van der Waals surface area contributed by atoms with Gasteiger partial charge >= 0.3 is 0 Å². The molecule has 3 rings (SSSR count). The Morgan fingerprint density at radius 2 is 2.00 bits per heavy atom. The molecule has 0 aliphatic carbocycles. The van der Waals surface area contributed by atoms with Gasteiger partial charge in [0, 0.05) is 48.5 Å². The molecule has 0 unspecified atom stereocenters. The average molecular weight is 275 g/mol. The Labute approximate surface area is 116 Å². The maximum Gasteiger partial charge on any atom is 0.101 e. The highest BCUT2D eigenvalue weighted by molar-refractivity contribution is 7.10. The Morgan fingerprint density at radius 3 is 2.68 bits per heavy atom. The first kappa shape index (κ1) is 12.7. The molecule has 1 aliphatic heterocycles. The molecule has 1 saturated heterocycles. The summed E-state index contributed by atoms with van der Waals surface area (Å²) in [6.07, 6.45) is 5.52. The van der Waals surface area contributed by atoms with Gasteiger partial charge in [-0.25, -0.2) is 4.98 Å². The Balaban J connectivity index is 1.92. The lowest BCUT2D eigenvalue weighted by atomic mass is 9.81. The fourth-order valence-electron chi connectivity index (χ4n) is 2.44. The normalized spacial score (nSPS) is 18.4. The first-order chi connectivity index (χ1) is 9.34. The SMILES string of the molecule is NCC1(c2nc(-c3ccncc3)cs2)CCOCC1. The molecule has 3 heterocycles. The van der Waals surface area contributed by atoms with Gasteiger partial charge in [-0.15, -0.1) is 11.3 Å². The van der Waals surface area contributed by atoms with Crippen molar-refractivity contribution in [1.29, 1.82) is 0 Å². The van der Waals surface area contributed by atoms with Gasteiger partial charge in [-0.3, -0.25) is 4.98 Å². The van der Waals surface area contributed by atoms with Crippen molar-refractivity contribution in [3.63, 3.8) is 0 Å². The van der Waals surface area contributed by atoms with E-state index in [-0.39, 0.29) is 5.41 Å². The molecule has 0 spiro atoms. The van der Waals surface area contributed by atoms with E-state index in [0.29, 0.717) is 6.54 Å². The highest BCUT2D eigenvalue weighted by Gasteiger charge is 2.35. The lowest BCUT2D eigenvalue weighted by Crippen LogP contribution is -2.40. The van der Waals surface area contributed by atoms with Crippen LogP contribution in [0.15, 0.2) is 29.9 Å². The first-order valence-electron chi connectivity index (χ1n) is 6.48. The Bertz CT molecular complexity index is 535. The average Bonchev–Trinajstić information content (AvgIpc) is 2.99. The molecule has 2 aromatic rings. The van der Waals surface area contributed by atoms with Crippen LogP contribution in [0.1, 0.15) is 17.8 Å². The highest BCUT2D eigenvalue weighted by Crippen LogP contribution is 2.37. The Hall–Kier alpha value is -1.30. The van der Waals surface area contributed by atoms with Crippen LogP contribution in [0.4, 0.5) is 0 Å². The van der Waals surface area contributed by atoms with Crippen molar-refractivity contribution < 1.29 is 4.74 Å². The molecule has 0 amide bonds. The van der Waals surface area contributed by atoms with E-state index in [4.69, 9.17) is 15.5 Å². The number of rotatable bonds is 3. The van der Waals surface area contributed by atoms with Crippen molar-refractivity contribution in [2.75, 3.05) is 19.8 Å². The standard InChI is InChI=1S/C14H17N3OS/c15-10-14(3-7-18-8-4-14)13-17-12(9-19-13)11-1-5-16-6-2-11/h1-2,5-6,9H,3-4,7-8,10,15H2. The quantitative estimate of drug-likeness (QED) is 0.933. The first-order valence-corrected chi connectivity index (χ1v) is 7.36. The van der Waals surface area contributed by atoms with E-state index < -0.39 is 0 Å². The van der Waals surface area contributed by atoms with Gasteiger partial charge in [-0.05, 0) is 25.0 Å². The zero-order valence-electron chi connectivity index (χ0n) is 10.7. The minimum Gasteiger partial charge on any atom is -0.381 e. The van der Waals surface area contributed by atoms with Crippen LogP contribution in [0.2, 0.25) is 0 Å². The summed E-state index contributed by atoms with van der Waals surface area (Å²) in [4.78, 5) is 8.84. The molecule has 4 nitrogen and oxygen atoms in total.